The molecule has 114 valence electrons. The first-order valence-electron chi connectivity index (χ1n) is 8.87. The summed E-state index contributed by atoms with van der Waals surface area (Å²) in [6.07, 6.45) is 16.7. The van der Waals surface area contributed by atoms with E-state index in [2.05, 4.69) is 0 Å². The number of hydrogen-bond acceptors (Lipinski definition) is 2. The van der Waals surface area contributed by atoms with Crippen molar-refractivity contribution < 1.29 is 4.79 Å². The number of nitrogens with one attached hydrogen (secondary N) is 1. The SMILES string of the molecule is N=C1CCCCC1CCCCCCC1CCCCC1=O. The van der Waals surface area contributed by atoms with Gasteiger partial charge in [-0.15, -0.1) is 0 Å². The highest BCUT2D eigenvalue weighted by Gasteiger charge is 2.21. The largest absolute Gasteiger partial charge is 0.309 e. The van der Waals surface area contributed by atoms with E-state index in [-0.39, 0.29) is 0 Å². The Morgan fingerprint density at radius 3 is 2.05 bits per heavy atom. The normalized spacial score (nSPS) is 27.8. The van der Waals surface area contributed by atoms with E-state index >= 15 is 0 Å². The van der Waals surface area contributed by atoms with Gasteiger partial charge in [-0.3, -0.25) is 4.79 Å². The molecule has 1 N–H and O–H groups in total. The first-order valence-corrected chi connectivity index (χ1v) is 8.87. The third-order valence-electron chi connectivity index (χ3n) is 5.28. The second kappa shape index (κ2) is 8.59. The highest BCUT2D eigenvalue weighted by Crippen LogP contribution is 2.27. The minimum atomic E-state index is 0.398. The third-order valence-corrected chi connectivity index (χ3v) is 5.28. The van der Waals surface area contributed by atoms with Crippen LogP contribution in [0.1, 0.15) is 89.9 Å². The van der Waals surface area contributed by atoms with Gasteiger partial charge in [0.05, 0.1) is 0 Å². The molecule has 2 fully saturated rings. The van der Waals surface area contributed by atoms with Crippen molar-refractivity contribution in [3.8, 4) is 0 Å². The predicted molar refractivity (Wildman–Crippen MR) is 84.4 cm³/mol. The maximum atomic E-state index is 11.7. The van der Waals surface area contributed by atoms with Crippen molar-refractivity contribution in [1.29, 1.82) is 5.41 Å². The maximum absolute atomic E-state index is 11.7. The van der Waals surface area contributed by atoms with E-state index in [0.717, 1.165) is 37.8 Å². The minimum Gasteiger partial charge on any atom is -0.309 e. The number of carbonyl (C=O) groups excluding carboxylic acids is 1. The number of rotatable bonds is 7. The van der Waals surface area contributed by atoms with Crippen LogP contribution in [0.4, 0.5) is 0 Å². The van der Waals surface area contributed by atoms with E-state index < -0.39 is 0 Å². The van der Waals surface area contributed by atoms with E-state index in [4.69, 9.17) is 5.41 Å². The van der Waals surface area contributed by atoms with Gasteiger partial charge in [0.1, 0.15) is 5.78 Å². The van der Waals surface area contributed by atoms with E-state index in [1.54, 1.807) is 0 Å². The Labute approximate surface area is 124 Å². The van der Waals surface area contributed by atoms with Gasteiger partial charge in [-0.05, 0) is 50.9 Å². The highest BCUT2D eigenvalue weighted by molar-refractivity contribution is 5.84. The van der Waals surface area contributed by atoms with Gasteiger partial charge in [0.25, 0.3) is 0 Å². The van der Waals surface area contributed by atoms with Crippen LogP contribution in [0.25, 0.3) is 0 Å². The quantitative estimate of drug-likeness (QED) is 0.630. The molecule has 2 heteroatoms. The summed E-state index contributed by atoms with van der Waals surface area (Å²) in [5.74, 6) is 1.53. The Kier molecular flexibility index (Phi) is 6.75. The van der Waals surface area contributed by atoms with Crippen LogP contribution in [-0.2, 0) is 4.79 Å². The fourth-order valence-corrected chi connectivity index (χ4v) is 3.90. The molecule has 0 saturated heterocycles. The van der Waals surface area contributed by atoms with Crippen molar-refractivity contribution in [2.45, 2.75) is 89.9 Å². The number of carbonyl (C=O) groups is 1. The molecule has 2 rings (SSSR count). The van der Waals surface area contributed by atoms with Gasteiger partial charge in [-0.1, -0.05) is 38.5 Å². The summed E-state index contributed by atoms with van der Waals surface area (Å²) in [7, 11) is 0. The summed E-state index contributed by atoms with van der Waals surface area (Å²) in [6, 6.07) is 0. The van der Waals surface area contributed by atoms with Gasteiger partial charge in [0.2, 0.25) is 0 Å². The van der Waals surface area contributed by atoms with Crippen LogP contribution < -0.4 is 0 Å². The molecule has 2 unspecified atom stereocenters. The van der Waals surface area contributed by atoms with Crippen molar-refractivity contribution in [2.75, 3.05) is 0 Å². The molecular formula is C18H31NO. The molecule has 2 aliphatic rings. The summed E-state index contributed by atoms with van der Waals surface area (Å²) in [5, 5.41) is 7.98. The summed E-state index contributed by atoms with van der Waals surface area (Å²) in [4.78, 5) is 11.7. The average Bonchev–Trinajstić information content (AvgIpc) is 2.46. The van der Waals surface area contributed by atoms with Crippen LogP contribution in [0.3, 0.4) is 0 Å². The number of hydrogen-bond donors (Lipinski definition) is 1. The van der Waals surface area contributed by atoms with Gasteiger partial charge in [0, 0.05) is 18.1 Å². The molecule has 2 atom stereocenters. The monoisotopic (exact) mass is 277 g/mol. The van der Waals surface area contributed by atoms with Crippen LogP contribution in [0, 0.1) is 17.2 Å². The van der Waals surface area contributed by atoms with Crippen molar-refractivity contribution in [3.05, 3.63) is 0 Å². The van der Waals surface area contributed by atoms with Gasteiger partial charge in [0.15, 0.2) is 0 Å². The predicted octanol–water partition coefficient (Wildman–Crippen LogP) is 5.30. The van der Waals surface area contributed by atoms with E-state index in [1.165, 1.54) is 57.8 Å². The molecule has 0 radical (unpaired) electrons. The zero-order chi connectivity index (χ0) is 14.2. The molecule has 0 spiro atoms. The van der Waals surface area contributed by atoms with E-state index in [0.29, 0.717) is 17.6 Å². The van der Waals surface area contributed by atoms with Gasteiger partial charge in [-0.2, -0.15) is 0 Å². The second-order valence-corrected chi connectivity index (χ2v) is 6.87. The Balaban J connectivity index is 1.49. The van der Waals surface area contributed by atoms with Gasteiger partial charge in [-0.25, -0.2) is 0 Å². The van der Waals surface area contributed by atoms with Crippen molar-refractivity contribution in [2.24, 2.45) is 11.8 Å². The number of Topliss-reactive ketones (excluding diaryl/α,β-unsaturated/α-hetero) is 1. The summed E-state index contributed by atoms with van der Waals surface area (Å²) in [6.45, 7) is 0. The molecule has 0 amide bonds. The summed E-state index contributed by atoms with van der Waals surface area (Å²) in [5.41, 5.74) is 1.02. The smallest absolute Gasteiger partial charge is 0.135 e. The molecule has 0 aromatic rings. The zero-order valence-electron chi connectivity index (χ0n) is 13.0. The topological polar surface area (TPSA) is 40.9 Å². The fourth-order valence-electron chi connectivity index (χ4n) is 3.90. The zero-order valence-corrected chi connectivity index (χ0v) is 13.0. The molecule has 0 aromatic carbocycles. The van der Waals surface area contributed by atoms with Crippen LogP contribution in [0.2, 0.25) is 0 Å². The van der Waals surface area contributed by atoms with Gasteiger partial charge >= 0.3 is 0 Å². The molecule has 2 saturated carbocycles. The highest BCUT2D eigenvalue weighted by atomic mass is 16.1. The van der Waals surface area contributed by atoms with E-state index in [1.807, 2.05) is 0 Å². The first kappa shape index (κ1) is 15.7. The lowest BCUT2D eigenvalue weighted by Crippen LogP contribution is -2.18. The molecule has 0 bridgehead atoms. The lowest BCUT2D eigenvalue weighted by molar-refractivity contribution is -0.124. The first-order chi connectivity index (χ1) is 9.77. The fraction of sp³-hybridized carbons (Fsp3) is 0.889. The number of ketones is 1. The van der Waals surface area contributed by atoms with Crippen LogP contribution >= 0.6 is 0 Å². The Morgan fingerprint density at radius 1 is 0.800 bits per heavy atom. The van der Waals surface area contributed by atoms with E-state index in [9.17, 15) is 4.79 Å². The van der Waals surface area contributed by atoms with Crippen LogP contribution in [0.5, 0.6) is 0 Å². The molecule has 2 aliphatic carbocycles. The maximum Gasteiger partial charge on any atom is 0.135 e. The van der Waals surface area contributed by atoms with Crippen molar-refractivity contribution in [1.82, 2.24) is 0 Å². The average molecular weight is 277 g/mol. The van der Waals surface area contributed by atoms with Crippen molar-refractivity contribution in [3.63, 3.8) is 0 Å². The Morgan fingerprint density at radius 2 is 1.40 bits per heavy atom. The second-order valence-electron chi connectivity index (χ2n) is 6.87. The van der Waals surface area contributed by atoms with Crippen molar-refractivity contribution >= 4 is 11.5 Å². The third kappa shape index (κ3) is 5.03. The lowest BCUT2D eigenvalue weighted by atomic mass is 9.83. The van der Waals surface area contributed by atoms with Gasteiger partial charge < -0.3 is 5.41 Å². The lowest BCUT2D eigenvalue weighted by Gasteiger charge is -2.23. The summed E-state index contributed by atoms with van der Waals surface area (Å²) < 4.78 is 0. The standard InChI is InChI=1S/C18H31NO/c19-17-13-7-5-10-15(17)9-3-1-2-4-11-16-12-6-8-14-18(16)20/h15-16,19H,1-14H2. The molecule has 0 heterocycles. The van der Waals surface area contributed by atoms with Crippen LogP contribution in [0.15, 0.2) is 0 Å². The molecule has 2 nitrogen and oxygen atoms in total. The molecular weight excluding hydrogens is 246 g/mol. The molecule has 20 heavy (non-hydrogen) atoms. The minimum absolute atomic E-state index is 0.398. The Hall–Kier alpha value is -0.660. The summed E-state index contributed by atoms with van der Waals surface area (Å²) >= 11 is 0. The number of unbranched alkanes of at least 4 members (excludes halogenated alkanes) is 3. The molecule has 0 aliphatic heterocycles. The van der Waals surface area contributed by atoms with Crippen LogP contribution in [-0.4, -0.2) is 11.5 Å². The Bertz CT molecular complexity index is 291. The molecule has 0 aromatic heterocycles.